The normalized spacial score (nSPS) is 17.7. The summed E-state index contributed by atoms with van der Waals surface area (Å²) in [6, 6.07) is 6.37. The van der Waals surface area contributed by atoms with Gasteiger partial charge in [-0.05, 0) is 36.5 Å². The average Bonchev–Trinajstić information content (AvgIpc) is 3.35. The third kappa shape index (κ3) is 2.33. The van der Waals surface area contributed by atoms with E-state index in [0.717, 1.165) is 28.4 Å². The van der Waals surface area contributed by atoms with E-state index < -0.39 is 0 Å². The van der Waals surface area contributed by atoms with E-state index in [1.54, 1.807) is 12.5 Å². The second-order valence-corrected chi connectivity index (χ2v) is 6.22. The minimum Gasteiger partial charge on any atom is -0.486 e. The van der Waals surface area contributed by atoms with Gasteiger partial charge in [-0.15, -0.1) is 0 Å². The van der Waals surface area contributed by atoms with Crippen LogP contribution >= 0.6 is 0 Å². The topological polar surface area (TPSA) is 85.0 Å². The molecule has 1 atom stereocenters. The number of rotatable bonds is 4. The van der Waals surface area contributed by atoms with E-state index in [1.807, 2.05) is 6.07 Å². The molecule has 7 heteroatoms. The van der Waals surface area contributed by atoms with Crippen LogP contribution < -0.4 is 14.8 Å². The van der Waals surface area contributed by atoms with Crippen LogP contribution in [0.15, 0.2) is 30.7 Å². The summed E-state index contributed by atoms with van der Waals surface area (Å²) in [6.45, 7) is 1.20. The van der Waals surface area contributed by atoms with Crippen LogP contribution in [0.1, 0.15) is 24.4 Å². The van der Waals surface area contributed by atoms with E-state index in [2.05, 4.69) is 37.6 Å². The van der Waals surface area contributed by atoms with E-state index in [-0.39, 0.29) is 6.04 Å². The lowest BCUT2D eigenvalue weighted by atomic mass is 10.0. The molecule has 0 spiro atoms. The van der Waals surface area contributed by atoms with Crippen LogP contribution in [0.4, 0.5) is 5.82 Å². The number of aromatic amines is 1. The molecule has 5 rings (SSSR count). The standard InChI is InChI=1S/C17H17N5O2/c1-2-10(1)15(11-3-4-13-14(7-11)24-6-5-23-13)21-16-12-8-20-22-17(12)19-9-18-16/h3-4,7-10,15H,1-2,5-6H2,(H2,18,19,20,21,22)/t15-/m1/s1. The lowest BCUT2D eigenvalue weighted by molar-refractivity contribution is 0.171. The van der Waals surface area contributed by atoms with Crippen molar-refractivity contribution in [2.45, 2.75) is 18.9 Å². The average molecular weight is 323 g/mol. The van der Waals surface area contributed by atoms with Crippen molar-refractivity contribution in [3.8, 4) is 11.5 Å². The highest BCUT2D eigenvalue weighted by Crippen LogP contribution is 2.45. The summed E-state index contributed by atoms with van der Waals surface area (Å²) >= 11 is 0. The first-order valence-corrected chi connectivity index (χ1v) is 8.18. The molecule has 0 amide bonds. The quantitative estimate of drug-likeness (QED) is 0.768. The maximum absolute atomic E-state index is 5.73. The Morgan fingerprint density at radius 2 is 2.00 bits per heavy atom. The van der Waals surface area contributed by atoms with Crippen LogP contribution in [0.3, 0.4) is 0 Å². The number of nitrogens with zero attached hydrogens (tertiary/aromatic N) is 3. The second-order valence-electron chi connectivity index (χ2n) is 6.22. The molecule has 0 radical (unpaired) electrons. The molecule has 1 fully saturated rings. The van der Waals surface area contributed by atoms with Gasteiger partial charge in [0.05, 0.1) is 17.6 Å². The van der Waals surface area contributed by atoms with Crippen LogP contribution in [0.25, 0.3) is 11.0 Å². The largest absolute Gasteiger partial charge is 0.486 e. The molecule has 24 heavy (non-hydrogen) atoms. The van der Waals surface area contributed by atoms with E-state index in [9.17, 15) is 0 Å². The van der Waals surface area contributed by atoms with Gasteiger partial charge in [0.2, 0.25) is 0 Å². The first-order valence-electron chi connectivity index (χ1n) is 8.18. The predicted octanol–water partition coefficient (Wildman–Crippen LogP) is 2.69. The Morgan fingerprint density at radius 3 is 2.88 bits per heavy atom. The Hall–Kier alpha value is -2.83. The van der Waals surface area contributed by atoms with Crippen molar-refractivity contribution in [1.82, 2.24) is 20.2 Å². The molecule has 7 nitrogen and oxygen atoms in total. The monoisotopic (exact) mass is 323 g/mol. The van der Waals surface area contributed by atoms with Gasteiger partial charge in [-0.3, -0.25) is 5.10 Å². The summed E-state index contributed by atoms with van der Waals surface area (Å²) in [5.41, 5.74) is 1.93. The Kier molecular flexibility index (Phi) is 3.04. The number of hydrogen-bond acceptors (Lipinski definition) is 6. The lowest BCUT2D eigenvalue weighted by Crippen LogP contribution is -2.17. The van der Waals surface area contributed by atoms with Crippen molar-refractivity contribution in [1.29, 1.82) is 0 Å². The van der Waals surface area contributed by atoms with Crippen molar-refractivity contribution in [2.75, 3.05) is 18.5 Å². The fourth-order valence-electron chi connectivity index (χ4n) is 3.18. The number of H-pyrrole nitrogens is 1. The molecule has 3 aromatic rings. The van der Waals surface area contributed by atoms with Gasteiger partial charge in [-0.1, -0.05) is 6.07 Å². The first kappa shape index (κ1) is 13.6. The fourth-order valence-corrected chi connectivity index (χ4v) is 3.18. The number of nitrogens with one attached hydrogen (secondary N) is 2. The van der Waals surface area contributed by atoms with Crippen LogP contribution in [-0.2, 0) is 0 Å². The van der Waals surface area contributed by atoms with Crippen LogP contribution in [0.2, 0.25) is 0 Å². The molecule has 0 saturated heterocycles. The second kappa shape index (κ2) is 5.36. The zero-order valence-electron chi connectivity index (χ0n) is 13.0. The number of aromatic nitrogens is 4. The molecule has 3 heterocycles. The lowest BCUT2D eigenvalue weighted by Gasteiger charge is -2.23. The highest BCUT2D eigenvalue weighted by Gasteiger charge is 2.33. The number of hydrogen-bond donors (Lipinski definition) is 2. The van der Waals surface area contributed by atoms with Crippen molar-refractivity contribution >= 4 is 16.9 Å². The van der Waals surface area contributed by atoms with E-state index in [0.29, 0.717) is 19.1 Å². The summed E-state index contributed by atoms with van der Waals surface area (Å²) in [5.74, 6) is 3.05. The molecular formula is C17H17N5O2. The van der Waals surface area contributed by atoms with Gasteiger partial charge in [-0.25, -0.2) is 9.97 Å². The van der Waals surface area contributed by atoms with Crippen LogP contribution in [-0.4, -0.2) is 33.4 Å². The van der Waals surface area contributed by atoms with Gasteiger partial charge in [0.1, 0.15) is 25.4 Å². The van der Waals surface area contributed by atoms with E-state index in [1.165, 1.54) is 18.4 Å². The molecule has 2 aliphatic rings. The zero-order chi connectivity index (χ0) is 15.9. The molecule has 1 aliphatic carbocycles. The summed E-state index contributed by atoms with van der Waals surface area (Å²) < 4.78 is 11.4. The molecule has 0 unspecified atom stereocenters. The Labute approximate surface area is 138 Å². The number of fused-ring (bicyclic) bond motifs is 2. The Balaban J connectivity index is 1.50. The summed E-state index contributed by atoms with van der Waals surface area (Å²) in [7, 11) is 0. The molecule has 2 N–H and O–H groups in total. The maximum Gasteiger partial charge on any atom is 0.161 e. The third-order valence-corrected chi connectivity index (χ3v) is 4.56. The van der Waals surface area contributed by atoms with Crippen molar-refractivity contribution in [2.24, 2.45) is 5.92 Å². The van der Waals surface area contributed by atoms with Gasteiger partial charge in [0, 0.05) is 0 Å². The van der Waals surface area contributed by atoms with E-state index >= 15 is 0 Å². The van der Waals surface area contributed by atoms with Crippen molar-refractivity contribution < 1.29 is 9.47 Å². The Bertz CT molecular complexity index is 890. The van der Waals surface area contributed by atoms with E-state index in [4.69, 9.17) is 9.47 Å². The highest BCUT2D eigenvalue weighted by molar-refractivity contribution is 5.85. The molecular weight excluding hydrogens is 306 g/mol. The summed E-state index contributed by atoms with van der Waals surface area (Å²) in [4.78, 5) is 8.60. The minimum atomic E-state index is 0.189. The van der Waals surface area contributed by atoms with Gasteiger partial charge < -0.3 is 14.8 Å². The SMILES string of the molecule is c1nc(N[C@@H](c2ccc3c(c2)OCCO3)C2CC2)c2cn[nH]c2n1. The molecule has 0 bridgehead atoms. The molecule has 122 valence electrons. The number of benzene rings is 1. The predicted molar refractivity (Wildman–Crippen MR) is 88.2 cm³/mol. The van der Waals surface area contributed by atoms with Crippen molar-refractivity contribution in [3.05, 3.63) is 36.3 Å². The van der Waals surface area contributed by atoms with Crippen LogP contribution in [0, 0.1) is 5.92 Å². The van der Waals surface area contributed by atoms with Gasteiger partial charge >= 0.3 is 0 Å². The summed E-state index contributed by atoms with van der Waals surface area (Å²) in [5, 5.41) is 11.4. The number of ether oxygens (including phenoxy) is 2. The molecule has 1 aliphatic heterocycles. The highest BCUT2D eigenvalue weighted by atomic mass is 16.6. The molecule has 1 saturated carbocycles. The molecule has 2 aromatic heterocycles. The fraction of sp³-hybridized carbons (Fsp3) is 0.353. The first-order chi connectivity index (χ1) is 11.9. The molecule has 1 aromatic carbocycles. The maximum atomic E-state index is 5.73. The van der Waals surface area contributed by atoms with Gasteiger partial charge in [0.15, 0.2) is 17.1 Å². The zero-order valence-corrected chi connectivity index (χ0v) is 13.0. The minimum absolute atomic E-state index is 0.189. The van der Waals surface area contributed by atoms with Gasteiger partial charge in [-0.2, -0.15) is 5.10 Å². The van der Waals surface area contributed by atoms with Crippen molar-refractivity contribution in [3.63, 3.8) is 0 Å². The van der Waals surface area contributed by atoms with Crippen LogP contribution in [0.5, 0.6) is 11.5 Å². The van der Waals surface area contributed by atoms with Gasteiger partial charge in [0.25, 0.3) is 0 Å². The smallest absolute Gasteiger partial charge is 0.161 e. The Morgan fingerprint density at radius 1 is 1.12 bits per heavy atom. The third-order valence-electron chi connectivity index (χ3n) is 4.56. The number of anilines is 1. The summed E-state index contributed by atoms with van der Waals surface area (Å²) in [6.07, 6.45) is 5.74.